The van der Waals surface area contributed by atoms with Crippen molar-refractivity contribution in [1.82, 2.24) is 0 Å². The van der Waals surface area contributed by atoms with E-state index in [1.54, 1.807) is 6.07 Å². The average molecular weight is 305 g/mol. The normalized spacial score (nSPS) is 15.0. The molecule has 0 aliphatic carbocycles. The number of rotatable bonds is 4. The van der Waals surface area contributed by atoms with Crippen LogP contribution >= 0.6 is 11.3 Å². The summed E-state index contributed by atoms with van der Waals surface area (Å²) in [4.78, 5) is 1.33. The van der Waals surface area contributed by atoms with Crippen LogP contribution in [0.2, 0.25) is 0 Å². The largest absolute Gasteiger partial charge is 0.402 e. The van der Waals surface area contributed by atoms with Gasteiger partial charge in [-0.25, -0.2) is 0 Å². The first-order valence-corrected chi connectivity index (χ1v) is 6.34. The molecule has 0 aliphatic rings. The number of hydrogen-bond donors (Lipinski definition) is 1. The van der Waals surface area contributed by atoms with Crippen molar-refractivity contribution in [3.63, 3.8) is 0 Å². The Kier molecular flexibility index (Phi) is 4.89. The highest BCUT2D eigenvalue weighted by Gasteiger charge is 2.59. The van der Waals surface area contributed by atoms with Crippen LogP contribution in [0, 0.1) is 5.92 Å². The van der Waals surface area contributed by atoms with Crippen molar-refractivity contribution in [2.45, 2.75) is 38.2 Å². The molecule has 0 bridgehead atoms. The van der Waals surface area contributed by atoms with Crippen molar-refractivity contribution >= 4 is 11.3 Å². The number of alkyl halides is 6. The molecule has 1 aromatic rings. The number of halogens is 6. The highest BCUT2D eigenvalue weighted by Crippen LogP contribution is 2.41. The summed E-state index contributed by atoms with van der Waals surface area (Å²) in [7, 11) is 0. The molecule has 1 unspecified atom stereocenters. The lowest BCUT2D eigenvalue weighted by Gasteiger charge is -2.27. The van der Waals surface area contributed by atoms with E-state index in [1.807, 2.05) is 6.92 Å². The fraction of sp³-hybridized carbons (Fsp3) is 0.636. The lowest BCUT2D eigenvalue weighted by atomic mass is 9.96. The molecule has 0 amide bonds. The zero-order valence-corrected chi connectivity index (χ0v) is 10.8. The molecule has 110 valence electrons. The van der Waals surface area contributed by atoms with Gasteiger partial charge in [0.25, 0.3) is 0 Å². The van der Waals surface area contributed by atoms with Crippen LogP contribution in [0.1, 0.15) is 16.7 Å². The van der Waals surface area contributed by atoms with Crippen molar-refractivity contribution in [3.05, 3.63) is 21.9 Å². The van der Waals surface area contributed by atoms with Crippen LogP contribution in [0.3, 0.4) is 0 Å². The summed E-state index contributed by atoms with van der Waals surface area (Å²) in [5, 5.41) is 0. The summed E-state index contributed by atoms with van der Waals surface area (Å²) in [6.07, 6.45) is -10.5. The third-order valence-corrected chi connectivity index (χ3v) is 3.89. The molecule has 19 heavy (non-hydrogen) atoms. The second-order valence-electron chi connectivity index (χ2n) is 4.15. The number of nitrogens with two attached hydrogens (primary N) is 1. The summed E-state index contributed by atoms with van der Waals surface area (Å²) in [5.41, 5.74) is 5.14. The van der Waals surface area contributed by atoms with E-state index in [-0.39, 0.29) is 0 Å². The first-order valence-electron chi connectivity index (χ1n) is 5.52. The van der Waals surface area contributed by atoms with Gasteiger partial charge in [-0.3, -0.25) is 0 Å². The third-order valence-electron chi connectivity index (χ3n) is 2.64. The Morgan fingerprint density at radius 2 is 1.53 bits per heavy atom. The molecule has 1 nitrogen and oxygen atoms in total. The van der Waals surface area contributed by atoms with E-state index < -0.39 is 30.7 Å². The first kappa shape index (κ1) is 16.3. The van der Waals surface area contributed by atoms with Crippen molar-refractivity contribution in [1.29, 1.82) is 0 Å². The predicted octanol–water partition coefficient (Wildman–Crippen LogP) is 3.92. The first-order chi connectivity index (χ1) is 8.55. The van der Waals surface area contributed by atoms with Gasteiger partial charge in [0.15, 0.2) is 5.92 Å². The molecule has 1 heterocycles. The van der Waals surface area contributed by atoms with Gasteiger partial charge >= 0.3 is 12.4 Å². The smallest absolute Gasteiger partial charge is 0.326 e. The van der Waals surface area contributed by atoms with Crippen LogP contribution < -0.4 is 5.73 Å². The van der Waals surface area contributed by atoms with Crippen LogP contribution in [-0.4, -0.2) is 18.4 Å². The van der Waals surface area contributed by atoms with Crippen molar-refractivity contribution < 1.29 is 26.3 Å². The summed E-state index contributed by atoms with van der Waals surface area (Å²) in [6.45, 7) is 1.85. The standard InChI is InChI=1S/C11H13F6NS/c1-2-6-3-4-7(19-6)5-8(18)9(10(12,13)14)11(15,16)17/h3-4,8-9H,2,5,18H2,1H3. The Labute approximate surface area is 110 Å². The van der Waals surface area contributed by atoms with Crippen molar-refractivity contribution in [2.75, 3.05) is 0 Å². The van der Waals surface area contributed by atoms with E-state index in [1.165, 1.54) is 17.4 Å². The van der Waals surface area contributed by atoms with E-state index >= 15 is 0 Å². The molecule has 0 spiro atoms. The topological polar surface area (TPSA) is 26.0 Å². The van der Waals surface area contributed by atoms with Crippen LogP contribution in [0.15, 0.2) is 12.1 Å². The lowest BCUT2D eigenvalue weighted by Crippen LogP contribution is -2.49. The second-order valence-corrected chi connectivity index (χ2v) is 5.40. The zero-order chi connectivity index (χ0) is 14.8. The van der Waals surface area contributed by atoms with E-state index in [4.69, 9.17) is 5.73 Å². The third kappa shape index (κ3) is 4.38. The highest BCUT2D eigenvalue weighted by atomic mass is 32.1. The fourth-order valence-electron chi connectivity index (χ4n) is 1.74. The minimum Gasteiger partial charge on any atom is -0.326 e. The van der Waals surface area contributed by atoms with Gasteiger partial charge in [-0.2, -0.15) is 26.3 Å². The molecule has 8 heteroatoms. The predicted molar refractivity (Wildman–Crippen MR) is 61.0 cm³/mol. The number of aryl methyl sites for hydroxylation is 1. The summed E-state index contributed by atoms with van der Waals surface area (Å²) in [6, 6.07) is 1.18. The van der Waals surface area contributed by atoms with E-state index in [2.05, 4.69) is 0 Å². The van der Waals surface area contributed by atoms with Crippen LogP contribution in [0.4, 0.5) is 26.3 Å². The van der Waals surface area contributed by atoms with Crippen molar-refractivity contribution in [3.8, 4) is 0 Å². The molecular weight excluding hydrogens is 292 g/mol. The maximum absolute atomic E-state index is 12.4. The maximum atomic E-state index is 12.4. The van der Waals surface area contributed by atoms with Gasteiger partial charge in [-0.15, -0.1) is 11.3 Å². The Balaban J connectivity index is 2.86. The lowest BCUT2D eigenvalue weighted by molar-refractivity contribution is -0.289. The van der Waals surface area contributed by atoms with Crippen LogP contribution in [0.25, 0.3) is 0 Å². The molecule has 0 saturated carbocycles. The molecule has 0 saturated heterocycles. The van der Waals surface area contributed by atoms with Crippen molar-refractivity contribution in [2.24, 2.45) is 11.7 Å². The molecule has 1 atom stereocenters. The Morgan fingerprint density at radius 3 is 1.89 bits per heavy atom. The quantitative estimate of drug-likeness (QED) is 0.838. The molecule has 1 rings (SSSR count). The maximum Gasteiger partial charge on any atom is 0.402 e. The molecule has 0 aliphatic heterocycles. The average Bonchev–Trinajstić information content (AvgIpc) is 2.60. The van der Waals surface area contributed by atoms with Gasteiger partial charge in [-0.1, -0.05) is 6.92 Å². The molecule has 0 fully saturated rings. The Bertz CT molecular complexity index is 394. The Morgan fingerprint density at radius 1 is 1.05 bits per heavy atom. The van der Waals surface area contributed by atoms with Crippen LogP contribution in [0.5, 0.6) is 0 Å². The number of hydrogen-bond acceptors (Lipinski definition) is 2. The highest BCUT2D eigenvalue weighted by molar-refractivity contribution is 7.11. The molecule has 2 N–H and O–H groups in total. The van der Waals surface area contributed by atoms with Gasteiger partial charge < -0.3 is 5.73 Å². The van der Waals surface area contributed by atoms with E-state index in [0.717, 1.165) is 4.88 Å². The Hall–Kier alpha value is -0.760. The molecule has 1 aromatic heterocycles. The SMILES string of the molecule is CCc1ccc(CC(N)C(C(F)(F)F)C(F)(F)F)s1. The summed E-state index contributed by atoms with van der Waals surface area (Å²) in [5.74, 6) is -3.49. The van der Waals surface area contributed by atoms with Gasteiger partial charge in [0.1, 0.15) is 0 Å². The summed E-state index contributed by atoms with van der Waals surface area (Å²) < 4.78 is 74.7. The second kappa shape index (κ2) is 5.70. The summed E-state index contributed by atoms with van der Waals surface area (Å²) >= 11 is 1.19. The fourth-order valence-corrected chi connectivity index (χ4v) is 2.77. The minimum absolute atomic E-state index is 0.433. The van der Waals surface area contributed by atoms with Gasteiger partial charge in [0, 0.05) is 15.8 Å². The minimum atomic E-state index is -5.39. The van der Waals surface area contributed by atoms with Crippen LogP contribution in [-0.2, 0) is 12.8 Å². The molecule has 0 aromatic carbocycles. The monoisotopic (exact) mass is 305 g/mol. The van der Waals surface area contributed by atoms with E-state index in [9.17, 15) is 26.3 Å². The van der Waals surface area contributed by atoms with Gasteiger partial charge in [-0.05, 0) is 25.0 Å². The molecule has 0 radical (unpaired) electrons. The zero-order valence-electron chi connectivity index (χ0n) is 9.98. The van der Waals surface area contributed by atoms with Gasteiger partial charge in [0.2, 0.25) is 0 Å². The van der Waals surface area contributed by atoms with E-state index in [0.29, 0.717) is 11.3 Å². The number of thiophene rings is 1. The molecular formula is C11H13F6NS. The van der Waals surface area contributed by atoms with Gasteiger partial charge in [0.05, 0.1) is 0 Å².